The summed E-state index contributed by atoms with van der Waals surface area (Å²) in [7, 11) is 0. The van der Waals surface area contributed by atoms with Crippen LogP contribution in [0.15, 0.2) is 158 Å². The van der Waals surface area contributed by atoms with Gasteiger partial charge >= 0.3 is 0 Å². The molecule has 3 heteroatoms. The normalized spacial score (nSPS) is 14.6. The van der Waals surface area contributed by atoms with Crippen molar-refractivity contribution < 1.29 is 0 Å². The minimum Gasteiger partial charge on any atom is -0.308 e. The fraction of sp³-hybridized carbons (Fsp3) is 0.0612. The van der Waals surface area contributed by atoms with Gasteiger partial charge in [0.05, 0.1) is 27.8 Å². The average Bonchev–Trinajstić information content (AvgIpc) is 3.67. The largest absolute Gasteiger partial charge is 0.308 e. The zero-order valence-corrected chi connectivity index (χ0v) is 28.3. The number of aromatic nitrogens is 3. The van der Waals surface area contributed by atoms with Crippen LogP contribution in [0.3, 0.4) is 0 Å². The van der Waals surface area contributed by atoms with E-state index in [0.717, 1.165) is 40.8 Å². The van der Waals surface area contributed by atoms with Gasteiger partial charge in [0, 0.05) is 38.4 Å². The summed E-state index contributed by atoms with van der Waals surface area (Å²) in [5, 5.41) is 11.3. The Morgan fingerprint density at radius 3 is 2.08 bits per heavy atom. The first kappa shape index (κ1) is 28.2. The van der Waals surface area contributed by atoms with Crippen molar-refractivity contribution in [3.05, 3.63) is 175 Å². The predicted octanol–water partition coefficient (Wildman–Crippen LogP) is 12.5. The number of fused-ring (bicyclic) bond motifs is 14. The van der Waals surface area contributed by atoms with Gasteiger partial charge in [-0.25, -0.2) is 9.97 Å². The third-order valence-corrected chi connectivity index (χ3v) is 11.7. The van der Waals surface area contributed by atoms with E-state index in [4.69, 9.17) is 9.97 Å². The number of aryl methyl sites for hydroxylation is 1. The van der Waals surface area contributed by atoms with Crippen LogP contribution in [-0.4, -0.2) is 14.4 Å². The van der Waals surface area contributed by atoms with Gasteiger partial charge in [0.25, 0.3) is 0 Å². The van der Waals surface area contributed by atoms with Crippen molar-refractivity contribution in [2.45, 2.75) is 18.8 Å². The van der Waals surface area contributed by atoms with Gasteiger partial charge in [-0.3, -0.25) is 0 Å². The third-order valence-electron chi connectivity index (χ3n) is 11.7. The predicted molar refractivity (Wildman–Crippen MR) is 217 cm³/mol. The highest BCUT2D eigenvalue weighted by molar-refractivity contribution is 6.31. The minimum atomic E-state index is 0.0276. The Bertz CT molecular complexity index is 3250. The number of para-hydroxylation sites is 2. The number of hydrogen-bond acceptors (Lipinski definition) is 2. The fourth-order valence-electron chi connectivity index (χ4n) is 9.57. The van der Waals surface area contributed by atoms with Gasteiger partial charge in [-0.15, -0.1) is 0 Å². The topological polar surface area (TPSA) is 30.2 Å². The van der Waals surface area contributed by atoms with E-state index in [-0.39, 0.29) is 5.92 Å². The highest BCUT2D eigenvalue weighted by Crippen LogP contribution is 2.52. The van der Waals surface area contributed by atoms with E-state index in [1.165, 1.54) is 81.9 Å². The zero-order valence-electron chi connectivity index (χ0n) is 28.3. The molecule has 0 saturated carbocycles. The molecule has 0 saturated heterocycles. The van der Waals surface area contributed by atoms with Crippen molar-refractivity contribution in [1.82, 2.24) is 14.4 Å². The summed E-state index contributed by atoms with van der Waals surface area (Å²) in [6.45, 7) is 0. The van der Waals surface area contributed by atoms with Gasteiger partial charge in [-0.05, 0) is 80.9 Å². The molecule has 3 aromatic heterocycles. The Labute approximate surface area is 299 Å². The molecule has 3 nitrogen and oxygen atoms in total. The van der Waals surface area contributed by atoms with Crippen molar-refractivity contribution in [2.24, 2.45) is 0 Å². The van der Waals surface area contributed by atoms with E-state index >= 15 is 0 Å². The molecular weight excluding hydrogens is 631 g/mol. The molecule has 0 spiro atoms. The summed E-state index contributed by atoms with van der Waals surface area (Å²) < 4.78 is 2.54. The van der Waals surface area contributed by atoms with Gasteiger partial charge < -0.3 is 4.40 Å². The second-order valence-electron chi connectivity index (χ2n) is 14.4. The minimum absolute atomic E-state index is 0.0276. The molecule has 0 aliphatic heterocycles. The molecule has 0 radical (unpaired) electrons. The number of nitrogens with zero attached hydrogens (tertiary/aromatic N) is 3. The highest BCUT2D eigenvalue weighted by atomic mass is 14.9. The molecule has 11 aromatic rings. The van der Waals surface area contributed by atoms with Crippen LogP contribution < -0.4 is 0 Å². The van der Waals surface area contributed by atoms with Gasteiger partial charge in [-0.1, -0.05) is 133 Å². The highest BCUT2D eigenvalue weighted by Gasteiger charge is 2.33. The molecule has 1 aliphatic rings. The maximum atomic E-state index is 5.66. The zero-order chi connectivity index (χ0) is 33.9. The summed E-state index contributed by atoms with van der Waals surface area (Å²) >= 11 is 0. The molecule has 3 heterocycles. The van der Waals surface area contributed by atoms with Gasteiger partial charge in [0.2, 0.25) is 0 Å². The van der Waals surface area contributed by atoms with Crippen molar-refractivity contribution in [1.29, 1.82) is 0 Å². The summed E-state index contributed by atoms with van der Waals surface area (Å²) in [5.74, 6) is 0.811. The standard InChI is InChI=1S/C49H31N3/c1-4-16-32-29(12-1)15-11-21-36(32)49-50-41-22-9-7-20-37(41)47(51-49)38-26-24-30-13-2-5-17-33(30)39-28-40-35-19-8-10-23-42(35)52-43-27-25-31-14-3-6-18-34(31)45(43)46(44(38)39)48(40)52/h1-23,25,27-28,38H,24,26H2. The van der Waals surface area contributed by atoms with Crippen molar-refractivity contribution in [3.63, 3.8) is 0 Å². The van der Waals surface area contributed by atoms with E-state index in [9.17, 15) is 0 Å². The van der Waals surface area contributed by atoms with Crippen LogP contribution in [0.2, 0.25) is 0 Å². The smallest absolute Gasteiger partial charge is 0.160 e. The van der Waals surface area contributed by atoms with E-state index in [2.05, 4.69) is 162 Å². The Morgan fingerprint density at radius 1 is 0.481 bits per heavy atom. The van der Waals surface area contributed by atoms with Gasteiger partial charge in [0.15, 0.2) is 5.82 Å². The van der Waals surface area contributed by atoms with E-state index < -0.39 is 0 Å². The van der Waals surface area contributed by atoms with Gasteiger partial charge in [-0.2, -0.15) is 0 Å². The van der Waals surface area contributed by atoms with Gasteiger partial charge in [0.1, 0.15) is 0 Å². The van der Waals surface area contributed by atoms with Crippen molar-refractivity contribution >= 4 is 70.5 Å². The number of rotatable bonds is 2. The molecular formula is C49H31N3. The Balaban J connectivity index is 1.28. The van der Waals surface area contributed by atoms with Crippen LogP contribution in [0.4, 0.5) is 0 Å². The van der Waals surface area contributed by atoms with Crippen molar-refractivity contribution in [3.8, 4) is 22.5 Å². The van der Waals surface area contributed by atoms with Crippen LogP contribution in [0.25, 0.3) is 93.1 Å². The van der Waals surface area contributed by atoms with Crippen LogP contribution in [0.5, 0.6) is 0 Å². The molecule has 8 aromatic carbocycles. The van der Waals surface area contributed by atoms with E-state index in [0.29, 0.717) is 0 Å². The van der Waals surface area contributed by atoms with E-state index in [1.54, 1.807) is 0 Å². The lowest BCUT2D eigenvalue weighted by molar-refractivity contribution is 0.715. The second-order valence-corrected chi connectivity index (χ2v) is 14.4. The van der Waals surface area contributed by atoms with E-state index in [1.807, 2.05) is 0 Å². The van der Waals surface area contributed by atoms with Crippen LogP contribution in [0, 0.1) is 0 Å². The maximum Gasteiger partial charge on any atom is 0.160 e. The Kier molecular flexibility index (Phi) is 5.67. The molecule has 0 amide bonds. The SMILES string of the molecule is c1ccc2c(c1)CCC(c1nc(-c3cccc4ccccc34)nc3ccccc13)c1c-2cc2c3ccccc3n3c4ccc5ccccc5c4c1c23. The summed E-state index contributed by atoms with van der Waals surface area (Å²) in [4.78, 5) is 10.9. The molecule has 0 N–H and O–H groups in total. The molecule has 242 valence electrons. The van der Waals surface area contributed by atoms with Crippen LogP contribution in [0.1, 0.15) is 29.2 Å². The molecule has 12 rings (SSSR count). The summed E-state index contributed by atoms with van der Waals surface area (Å²) in [5.41, 5.74) is 12.4. The lowest BCUT2D eigenvalue weighted by Crippen LogP contribution is -2.08. The second kappa shape index (κ2) is 10.5. The summed E-state index contributed by atoms with van der Waals surface area (Å²) in [6, 6.07) is 57.8. The first-order valence-electron chi connectivity index (χ1n) is 18.3. The maximum absolute atomic E-state index is 5.66. The average molecular weight is 662 g/mol. The van der Waals surface area contributed by atoms with Crippen LogP contribution >= 0.6 is 0 Å². The lowest BCUT2D eigenvalue weighted by Gasteiger charge is -2.22. The Morgan fingerprint density at radius 2 is 1.17 bits per heavy atom. The van der Waals surface area contributed by atoms with Crippen LogP contribution in [-0.2, 0) is 6.42 Å². The Hall–Kier alpha value is -6.58. The molecule has 1 unspecified atom stereocenters. The molecule has 1 atom stereocenters. The fourth-order valence-corrected chi connectivity index (χ4v) is 9.57. The quantitative estimate of drug-likeness (QED) is 0.185. The molecule has 52 heavy (non-hydrogen) atoms. The molecule has 0 fully saturated rings. The summed E-state index contributed by atoms with van der Waals surface area (Å²) in [6.07, 6.45) is 1.91. The monoisotopic (exact) mass is 661 g/mol. The first-order valence-corrected chi connectivity index (χ1v) is 18.3. The molecule has 1 aliphatic carbocycles. The molecule has 0 bridgehead atoms. The number of benzene rings is 8. The first-order chi connectivity index (χ1) is 25.8. The van der Waals surface area contributed by atoms with Crippen molar-refractivity contribution in [2.75, 3.05) is 0 Å². The lowest BCUT2D eigenvalue weighted by atomic mass is 9.82. The third kappa shape index (κ3) is 3.75. The number of hydrogen-bond donors (Lipinski definition) is 0.